The average molecular weight is 284 g/mol. The first-order valence-electron chi connectivity index (χ1n) is 7.29. The molecule has 0 aromatic rings. The Morgan fingerprint density at radius 3 is 2.70 bits per heavy atom. The molecule has 6 nitrogen and oxygen atoms in total. The molecule has 0 aliphatic carbocycles. The molecule has 0 spiro atoms. The molecule has 1 heterocycles. The Balaban J connectivity index is 2.44. The van der Waals surface area contributed by atoms with Gasteiger partial charge in [0.2, 0.25) is 5.91 Å². The molecule has 6 heteroatoms. The smallest absolute Gasteiger partial charge is 0.243 e. The molecule has 1 amide bonds. The summed E-state index contributed by atoms with van der Waals surface area (Å²) in [5.74, 6) is 1.77. The fraction of sp³-hybridized carbons (Fsp3) is 0.857. The predicted molar refractivity (Wildman–Crippen MR) is 80.8 cm³/mol. The average Bonchev–Trinajstić information content (AvgIpc) is 2.90. The number of carbonyl (C=O) groups excluding carboxylic acids is 1. The molecule has 0 aromatic heterocycles. The standard InChI is InChI=1S/C14H28N4O2/c1-11(2)7-15-14(17-9-13(19)18(3)4)16-8-12-5-6-20-10-12/h11-12H,5-10H2,1-4H3,(H2,15,16,17). The number of carbonyl (C=O) groups is 1. The maximum absolute atomic E-state index is 11.6. The third-order valence-electron chi connectivity index (χ3n) is 3.13. The number of likely N-dealkylation sites (N-methyl/N-ethyl adjacent to an activating group) is 1. The van der Waals surface area contributed by atoms with Crippen molar-refractivity contribution < 1.29 is 9.53 Å². The van der Waals surface area contributed by atoms with Crippen molar-refractivity contribution in [2.75, 3.05) is 46.9 Å². The predicted octanol–water partition coefficient (Wildman–Crippen LogP) is 0.302. The normalized spacial score (nSPS) is 19.2. The van der Waals surface area contributed by atoms with Crippen molar-refractivity contribution in [2.45, 2.75) is 20.3 Å². The Labute approximate surface area is 122 Å². The highest BCUT2D eigenvalue weighted by Gasteiger charge is 2.16. The van der Waals surface area contributed by atoms with Gasteiger partial charge in [0.1, 0.15) is 6.54 Å². The third kappa shape index (κ3) is 6.75. The summed E-state index contributed by atoms with van der Waals surface area (Å²) in [4.78, 5) is 17.5. The number of hydrogen-bond donors (Lipinski definition) is 2. The quantitative estimate of drug-likeness (QED) is 0.544. The Kier molecular flexibility index (Phi) is 7.36. The maximum atomic E-state index is 11.6. The molecule has 1 aliphatic rings. The topological polar surface area (TPSA) is 66.0 Å². The highest BCUT2D eigenvalue weighted by molar-refractivity contribution is 5.84. The summed E-state index contributed by atoms with van der Waals surface area (Å²) in [6.45, 7) is 7.77. The molecular weight excluding hydrogens is 256 g/mol. The van der Waals surface area contributed by atoms with E-state index in [2.05, 4.69) is 29.5 Å². The minimum Gasteiger partial charge on any atom is -0.381 e. The lowest BCUT2D eigenvalue weighted by Gasteiger charge is -2.16. The third-order valence-corrected chi connectivity index (χ3v) is 3.13. The molecule has 0 saturated carbocycles. The van der Waals surface area contributed by atoms with Crippen LogP contribution in [-0.4, -0.2) is 63.7 Å². The van der Waals surface area contributed by atoms with E-state index < -0.39 is 0 Å². The van der Waals surface area contributed by atoms with E-state index in [0.717, 1.165) is 32.7 Å². The van der Waals surface area contributed by atoms with Gasteiger partial charge in [-0.05, 0) is 12.3 Å². The van der Waals surface area contributed by atoms with E-state index in [9.17, 15) is 4.79 Å². The van der Waals surface area contributed by atoms with Gasteiger partial charge in [-0.2, -0.15) is 0 Å². The van der Waals surface area contributed by atoms with Gasteiger partial charge < -0.3 is 20.3 Å². The second kappa shape index (κ2) is 8.79. The molecule has 0 radical (unpaired) electrons. The summed E-state index contributed by atoms with van der Waals surface area (Å²) in [5, 5.41) is 6.56. The van der Waals surface area contributed by atoms with Crippen LogP contribution in [-0.2, 0) is 9.53 Å². The summed E-state index contributed by atoms with van der Waals surface area (Å²) in [5.41, 5.74) is 0. The zero-order valence-corrected chi connectivity index (χ0v) is 13.1. The van der Waals surface area contributed by atoms with Crippen LogP contribution in [0.3, 0.4) is 0 Å². The highest BCUT2D eigenvalue weighted by Crippen LogP contribution is 2.10. The van der Waals surface area contributed by atoms with Gasteiger partial charge in [0, 0.05) is 39.7 Å². The molecule has 1 aliphatic heterocycles. The lowest BCUT2D eigenvalue weighted by Crippen LogP contribution is -2.42. The van der Waals surface area contributed by atoms with Crippen LogP contribution in [0.5, 0.6) is 0 Å². The Morgan fingerprint density at radius 2 is 2.15 bits per heavy atom. The lowest BCUT2D eigenvalue weighted by molar-refractivity contribution is -0.127. The van der Waals surface area contributed by atoms with Crippen molar-refractivity contribution in [2.24, 2.45) is 16.8 Å². The fourth-order valence-electron chi connectivity index (χ4n) is 1.75. The molecule has 1 rings (SSSR count). The number of rotatable bonds is 6. The molecular formula is C14H28N4O2. The van der Waals surface area contributed by atoms with E-state index in [1.165, 1.54) is 0 Å². The summed E-state index contributed by atoms with van der Waals surface area (Å²) in [6.07, 6.45) is 1.08. The van der Waals surface area contributed by atoms with Gasteiger partial charge in [0.25, 0.3) is 0 Å². The van der Waals surface area contributed by atoms with Gasteiger partial charge in [-0.15, -0.1) is 0 Å². The molecule has 116 valence electrons. The fourth-order valence-corrected chi connectivity index (χ4v) is 1.75. The summed E-state index contributed by atoms with van der Waals surface area (Å²) < 4.78 is 5.36. The van der Waals surface area contributed by atoms with Crippen molar-refractivity contribution in [3.8, 4) is 0 Å². The Morgan fingerprint density at radius 1 is 1.40 bits per heavy atom. The molecule has 1 saturated heterocycles. The molecule has 0 aromatic carbocycles. The van der Waals surface area contributed by atoms with E-state index >= 15 is 0 Å². The van der Waals surface area contributed by atoms with Crippen LogP contribution in [0.2, 0.25) is 0 Å². The number of amides is 1. The molecule has 1 fully saturated rings. The van der Waals surface area contributed by atoms with Crippen molar-refractivity contribution in [1.29, 1.82) is 0 Å². The van der Waals surface area contributed by atoms with Gasteiger partial charge in [-0.25, -0.2) is 4.99 Å². The summed E-state index contributed by atoms with van der Waals surface area (Å²) in [6, 6.07) is 0. The molecule has 2 N–H and O–H groups in total. The highest BCUT2D eigenvalue weighted by atomic mass is 16.5. The number of nitrogens with zero attached hydrogens (tertiary/aromatic N) is 2. The van der Waals surface area contributed by atoms with Gasteiger partial charge in [0.05, 0.1) is 6.61 Å². The first kappa shape index (κ1) is 16.8. The van der Waals surface area contributed by atoms with Gasteiger partial charge in [-0.3, -0.25) is 4.79 Å². The van der Waals surface area contributed by atoms with E-state index in [1.54, 1.807) is 19.0 Å². The number of hydrogen-bond acceptors (Lipinski definition) is 3. The second-order valence-electron chi connectivity index (χ2n) is 5.84. The Bertz CT molecular complexity index is 323. The minimum atomic E-state index is -0.000142. The van der Waals surface area contributed by atoms with Gasteiger partial charge >= 0.3 is 0 Å². The minimum absolute atomic E-state index is 0.000142. The zero-order chi connectivity index (χ0) is 15.0. The lowest BCUT2D eigenvalue weighted by atomic mass is 10.1. The van der Waals surface area contributed by atoms with E-state index in [4.69, 9.17) is 4.74 Å². The SMILES string of the molecule is CC(C)CNC(=NCC(=O)N(C)C)NCC1CCOC1. The van der Waals surface area contributed by atoms with Crippen molar-refractivity contribution in [3.63, 3.8) is 0 Å². The van der Waals surface area contributed by atoms with Crippen molar-refractivity contribution >= 4 is 11.9 Å². The van der Waals surface area contributed by atoms with Gasteiger partial charge in [0.15, 0.2) is 5.96 Å². The zero-order valence-electron chi connectivity index (χ0n) is 13.1. The van der Waals surface area contributed by atoms with Crippen LogP contribution < -0.4 is 10.6 Å². The van der Waals surface area contributed by atoms with Crippen LogP contribution in [0.15, 0.2) is 4.99 Å². The first-order valence-corrected chi connectivity index (χ1v) is 7.29. The van der Waals surface area contributed by atoms with E-state index in [-0.39, 0.29) is 12.5 Å². The second-order valence-corrected chi connectivity index (χ2v) is 5.84. The maximum Gasteiger partial charge on any atom is 0.243 e. The van der Waals surface area contributed by atoms with Crippen LogP contribution in [0.4, 0.5) is 0 Å². The van der Waals surface area contributed by atoms with Crippen molar-refractivity contribution in [1.82, 2.24) is 15.5 Å². The number of guanidine groups is 1. The van der Waals surface area contributed by atoms with Crippen LogP contribution >= 0.6 is 0 Å². The monoisotopic (exact) mass is 284 g/mol. The van der Waals surface area contributed by atoms with E-state index in [0.29, 0.717) is 17.8 Å². The van der Waals surface area contributed by atoms with Crippen LogP contribution in [0.1, 0.15) is 20.3 Å². The molecule has 1 unspecified atom stereocenters. The van der Waals surface area contributed by atoms with Crippen LogP contribution in [0, 0.1) is 11.8 Å². The summed E-state index contributed by atoms with van der Waals surface area (Å²) >= 11 is 0. The number of aliphatic imine (C=N–C) groups is 1. The molecule has 20 heavy (non-hydrogen) atoms. The molecule has 0 bridgehead atoms. The summed E-state index contributed by atoms with van der Waals surface area (Å²) in [7, 11) is 3.48. The van der Waals surface area contributed by atoms with Crippen LogP contribution in [0.25, 0.3) is 0 Å². The number of ether oxygens (including phenoxy) is 1. The number of nitrogens with one attached hydrogen (secondary N) is 2. The first-order chi connectivity index (χ1) is 9.49. The largest absolute Gasteiger partial charge is 0.381 e. The van der Waals surface area contributed by atoms with Crippen molar-refractivity contribution in [3.05, 3.63) is 0 Å². The Hall–Kier alpha value is -1.30. The van der Waals surface area contributed by atoms with Gasteiger partial charge in [-0.1, -0.05) is 13.8 Å². The molecule has 1 atom stereocenters. The van der Waals surface area contributed by atoms with E-state index in [1.807, 2.05) is 0 Å².